The van der Waals surface area contributed by atoms with Crippen LogP contribution in [0.4, 0.5) is 5.95 Å². The van der Waals surface area contributed by atoms with E-state index in [4.69, 9.17) is 15.2 Å². The van der Waals surface area contributed by atoms with E-state index < -0.39 is 5.69 Å². The Balaban J connectivity index is 2.26. The number of rotatable bonds is 1. The molecule has 1 aromatic heterocycles. The lowest BCUT2D eigenvalue weighted by molar-refractivity contribution is -0.0936. The summed E-state index contributed by atoms with van der Waals surface area (Å²) in [7, 11) is 0. The Kier molecular flexibility index (Phi) is 2.42. The molecule has 2 rings (SSSR count). The van der Waals surface area contributed by atoms with Gasteiger partial charge in [0.05, 0.1) is 19.8 Å². The fourth-order valence-electron chi connectivity index (χ4n) is 1.22. The first kappa shape index (κ1) is 9.10. The summed E-state index contributed by atoms with van der Waals surface area (Å²) in [6, 6.07) is 0. The van der Waals surface area contributed by atoms with Gasteiger partial charge in [-0.25, -0.2) is 4.79 Å². The molecule has 1 saturated heterocycles. The van der Waals surface area contributed by atoms with Crippen LogP contribution in [0.1, 0.15) is 11.9 Å². The van der Waals surface area contributed by atoms with Crippen LogP contribution in [-0.4, -0.2) is 34.8 Å². The van der Waals surface area contributed by atoms with Gasteiger partial charge in [0.2, 0.25) is 5.95 Å². The van der Waals surface area contributed by atoms with Crippen LogP contribution >= 0.6 is 0 Å². The number of aromatic nitrogens is 3. The molecule has 1 unspecified atom stereocenters. The topological polar surface area (TPSA) is 103 Å². The van der Waals surface area contributed by atoms with Crippen LogP contribution < -0.4 is 11.4 Å². The minimum atomic E-state index is -0.526. The summed E-state index contributed by atoms with van der Waals surface area (Å²) in [6.45, 7) is 1.41. The summed E-state index contributed by atoms with van der Waals surface area (Å²) < 4.78 is 10.5. The summed E-state index contributed by atoms with van der Waals surface area (Å²) in [6.07, 6.45) is -0.359. The van der Waals surface area contributed by atoms with Gasteiger partial charge in [-0.1, -0.05) is 0 Å². The quantitative estimate of drug-likeness (QED) is 0.589. The van der Waals surface area contributed by atoms with E-state index in [1.807, 2.05) is 0 Å². The van der Waals surface area contributed by atoms with Crippen LogP contribution in [0.3, 0.4) is 0 Å². The minimum absolute atomic E-state index is 0.0575. The lowest BCUT2D eigenvalue weighted by Crippen LogP contribution is -2.27. The average Bonchev–Trinajstić information content (AvgIpc) is 2.18. The average molecular weight is 198 g/mol. The number of nitrogens with two attached hydrogens (primary N) is 1. The first-order valence-electron chi connectivity index (χ1n) is 4.19. The number of aromatic amines is 1. The second kappa shape index (κ2) is 3.72. The number of anilines is 1. The summed E-state index contributed by atoms with van der Waals surface area (Å²) in [5, 5.41) is 0. The first-order valence-corrected chi connectivity index (χ1v) is 4.19. The maximum atomic E-state index is 11.0. The zero-order valence-electron chi connectivity index (χ0n) is 7.40. The first-order chi connectivity index (χ1) is 6.75. The zero-order chi connectivity index (χ0) is 9.97. The van der Waals surface area contributed by atoms with Gasteiger partial charge >= 0.3 is 5.69 Å². The van der Waals surface area contributed by atoms with E-state index in [1.165, 1.54) is 0 Å². The summed E-state index contributed by atoms with van der Waals surface area (Å²) >= 11 is 0. The molecule has 0 amide bonds. The molecule has 0 saturated carbocycles. The lowest BCUT2D eigenvalue weighted by Gasteiger charge is -2.21. The normalized spacial score (nSPS) is 22.1. The molecule has 0 aliphatic carbocycles. The van der Waals surface area contributed by atoms with Gasteiger partial charge in [-0.2, -0.15) is 9.97 Å². The molecule has 1 atom stereocenters. The van der Waals surface area contributed by atoms with Gasteiger partial charge in [-0.15, -0.1) is 0 Å². The molecule has 1 aliphatic heterocycles. The molecule has 7 nitrogen and oxygen atoms in total. The van der Waals surface area contributed by atoms with Crippen molar-refractivity contribution in [2.75, 3.05) is 25.6 Å². The highest BCUT2D eigenvalue weighted by molar-refractivity contribution is 5.13. The second-order valence-corrected chi connectivity index (χ2v) is 2.83. The Hall–Kier alpha value is -1.47. The SMILES string of the molecule is Nc1nc(C2COCCO2)[nH]c(=O)n1. The van der Waals surface area contributed by atoms with Crippen molar-refractivity contribution in [3.8, 4) is 0 Å². The molecule has 1 aromatic rings. The van der Waals surface area contributed by atoms with E-state index >= 15 is 0 Å². The summed E-state index contributed by atoms with van der Waals surface area (Å²) in [5.74, 6) is 0.306. The number of nitrogen functional groups attached to an aromatic ring is 1. The zero-order valence-corrected chi connectivity index (χ0v) is 7.40. The maximum Gasteiger partial charge on any atom is 0.349 e. The number of nitrogens with zero attached hydrogens (tertiary/aromatic N) is 2. The van der Waals surface area contributed by atoms with Crippen LogP contribution in [0.25, 0.3) is 0 Å². The molecule has 76 valence electrons. The van der Waals surface area contributed by atoms with Crippen LogP contribution in [0, 0.1) is 0 Å². The summed E-state index contributed by atoms with van der Waals surface area (Å²) in [4.78, 5) is 20.7. The molecule has 1 aliphatic rings. The number of hydrogen-bond acceptors (Lipinski definition) is 6. The van der Waals surface area contributed by atoms with E-state index in [-0.39, 0.29) is 12.1 Å². The van der Waals surface area contributed by atoms with E-state index in [1.54, 1.807) is 0 Å². The smallest absolute Gasteiger partial charge is 0.349 e. The van der Waals surface area contributed by atoms with Crippen molar-refractivity contribution < 1.29 is 9.47 Å². The van der Waals surface area contributed by atoms with Crippen molar-refractivity contribution in [2.45, 2.75) is 6.10 Å². The van der Waals surface area contributed by atoms with Gasteiger partial charge in [-0.3, -0.25) is 4.98 Å². The van der Waals surface area contributed by atoms with Crippen LogP contribution in [0.5, 0.6) is 0 Å². The standard InChI is InChI=1S/C7H10N4O3/c8-6-9-5(10-7(12)11-6)4-3-13-1-2-14-4/h4H,1-3H2,(H3,8,9,10,11,12). The van der Waals surface area contributed by atoms with Crippen molar-refractivity contribution in [2.24, 2.45) is 0 Å². The lowest BCUT2D eigenvalue weighted by atomic mass is 10.3. The number of nitrogens with one attached hydrogen (secondary N) is 1. The number of ether oxygens (including phenoxy) is 2. The number of hydrogen-bond donors (Lipinski definition) is 2. The monoisotopic (exact) mass is 198 g/mol. The van der Waals surface area contributed by atoms with E-state index in [2.05, 4.69) is 15.0 Å². The molecule has 14 heavy (non-hydrogen) atoms. The van der Waals surface area contributed by atoms with Crippen molar-refractivity contribution in [3.05, 3.63) is 16.3 Å². The maximum absolute atomic E-state index is 11.0. The molecule has 3 N–H and O–H groups in total. The molecule has 0 spiro atoms. The fraction of sp³-hybridized carbons (Fsp3) is 0.571. The van der Waals surface area contributed by atoms with Gasteiger partial charge in [0.1, 0.15) is 11.9 Å². The molecule has 0 radical (unpaired) electrons. The van der Waals surface area contributed by atoms with Gasteiger partial charge < -0.3 is 15.2 Å². The van der Waals surface area contributed by atoms with Crippen molar-refractivity contribution in [3.63, 3.8) is 0 Å². The Morgan fingerprint density at radius 2 is 2.29 bits per heavy atom. The van der Waals surface area contributed by atoms with Gasteiger partial charge in [0.25, 0.3) is 0 Å². The van der Waals surface area contributed by atoms with E-state index in [0.717, 1.165) is 0 Å². The largest absolute Gasteiger partial charge is 0.376 e. The van der Waals surface area contributed by atoms with Gasteiger partial charge in [-0.05, 0) is 0 Å². The predicted octanol–water partition coefficient (Wildman–Crippen LogP) is -1.17. The second-order valence-electron chi connectivity index (χ2n) is 2.83. The third-order valence-electron chi connectivity index (χ3n) is 1.81. The van der Waals surface area contributed by atoms with Gasteiger partial charge in [0.15, 0.2) is 0 Å². The molecule has 0 bridgehead atoms. The van der Waals surface area contributed by atoms with E-state index in [9.17, 15) is 4.79 Å². The fourth-order valence-corrected chi connectivity index (χ4v) is 1.22. The summed E-state index contributed by atoms with van der Waals surface area (Å²) in [5.41, 5.74) is 4.80. The van der Waals surface area contributed by atoms with Gasteiger partial charge in [0, 0.05) is 0 Å². The Morgan fingerprint density at radius 3 is 2.93 bits per heavy atom. The highest BCUT2D eigenvalue weighted by Gasteiger charge is 2.19. The Bertz CT molecular complexity index is 371. The van der Waals surface area contributed by atoms with Crippen molar-refractivity contribution in [1.82, 2.24) is 15.0 Å². The van der Waals surface area contributed by atoms with Crippen LogP contribution in [-0.2, 0) is 9.47 Å². The minimum Gasteiger partial charge on any atom is -0.376 e. The molecule has 7 heteroatoms. The van der Waals surface area contributed by atoms with Crippen molar-refractivity contribution in [1.29, 1.82) is 0 Å². The highest BCUT2D eigenvalue weighted by atomic mass is 16.6. The molecular weight excluding hydrogens is 188 g/mol. The van der Waals surface area contributed by atoms with Crippen LogP contribution in [0.2, 0.25) is 0 Å². The van der Waals surface area contributed by atoms with Crippen LogP contribution in [0.15, 0.2) is 4.79 Å². The molecular formula is C7H10N4O3. The Morgan fingerprint density at radius 1 is 1.43 bits per heavy atom. The highest BCUT2D eigenvalue weighted by Crippen LogP contribution is 2.15. The van der Waals surface area contributed by atoms with Crippen molar-refractivity contribution >= 4 is 5.95 Å². The molecule has 0 aromatic carbocycles. The van der Waals surface area contributed by atoms with E-state index in [0.29, 0.717) is 25.6 Å². The third-order valence-corrected chi connectivity index (χ3v) is 1.81. The molecule has 2 heterocycles. The number of H-pyrrole nitrogens is 1. The molecule has 1 fully saturated rings. The third kappa shape index (κ3) is 1.88. The Labute approximate surface area is 79.3 Å². The predicted molar refractivity (Wildman–Crippen MR) is 46.6 cm³/mol.